The SMILES string of the molecule is C[C@]12CCC(OCc3ccncc3)CC1=CCC1C2CC[C@]2(C)C(n3ccc4ccccc43)=CCC12. The fourth-order valence-electron chi connectivity index (χ4n) is 8.67. The minimum absolute atomic E-state index is 0.273. The van der Waals surface area contributed by atoms with E-state index in [1.165, 1.54) is 55.0 Å². The summed E-state index contributed by atoms with van der Waals surface area (Å²) in [4.78, 5) is 4.13. The van der Waals surface area contributed by atoms with Gasteiger partial charge in [-0.3, -0.25) is 4.98 Å². The molecule has 4 unspecified atom stereocenters. The number of allylic oxidation sites excluding steroid dienone is 3. The van der Waals surface area contributed by atoms with E-state index in [0.29, 0.717) is 18.1 Å². The van der Waals surface area contributed by atoms with Crippen molar-refractivity contribution in [3.05, 3.63) is 84.3 Å². The Labute approximate surface area is 215 Å². The molecule has 36 heavy (non-hydrogen) atoms. The molecule has 0 spiro atoms. The van der Waals surface area contributed by atoms with E-state index in [-0.39, 0.29) is 5.41 Å². The Kier molecular flexibility index (Phi) is 5.29. The van der Waals surface area contributed by atoms with E-state index in [1.54, 1.807) is 11.3 Å². The highest BCUT2D eigenvalue weighted by molar-refractivity contribution is 5.84. The third kappa shape index (κ3) is 3.39. The molecule has 3 aromatic rings. The molecule has 186 valence electrons. The molecule has 3 nitrogen and oxygen atoms in total. The first kappa shape index (κ1) is 22.5. The Morgan fingerprint density at radius 1 is 0.917 bits per heavy atom. The van der Waals surface area contributed by atoms with Crippen LogP contribution < -0.4 is 0 Å². The van der Waals surface area contributed by atoms with Gasteiger partial charge in [0.05, 0.1) is 18.2 Å². The molecule has 0 N–H and O–H groups in total. The smallest absolute Gasteiger partial charge is 0.0721 e. The normalized spacial score (nSPS) is 35.5. The zero-order chi connectivity index (χ0) is 24.3. The molecule has 0 amide bonds. The van der Waals surface area contributed by atoms with Crippen LogP contribution in [0.25, 0.3) is 16.6 Å². The van der Waals surface area contributed by atoms with Gasteiger partial charge in [0.25, 0.3) is 0 Å². The standard InChI is InChI=1S/C33H38N2O/c1-32-16-11-26(36-22-23-13-18-34-19-14-23)21-25(32)7-8-27-28-9-10-31(33(28,2)17-12-29(27)32)35-20-15-24-5-3-4-6-30(24)35/h3-7,10,13-15,18-20,26-29H,8-9,11-12,16-17,21-22H2,1-2H3/t26?,27?,28?,29?,32-,33-/m0/s1. The summed E-state index contributed by atoms with van der Waals surface area (Å²) in [6, 6.07) is 15.3. The summed E-state index contributed by atoms with van der Waals surface area (Å²) in [6.45, 7) is 5.87. The summed E-state index contributed by atoms with van der Waals surface area (Å²) >= 11 is 0. The van der Waals surface area contributed by atoms with Crippen molar-refractivity contribution in [2.75, 3.05) is 0 Å². The first-order chi connectivity index (χ1) is 17.6. The van der Waals surface area contributed by atoms with Crippen LogP contribution in [-0.2, 0) is 11.3 Å². The molecule has 2 fully saturated rings. The van der Waals surface area contributed by atoms with Gasteiger partial charge in [-0.05, 0) is 103 Å². The second kappa shape index (κ2) is 8.45. The zero-order valence-corrected chi connectivity index (χ0v) is 21.7. The zero-order valence-electron chi connectivity index (χ0n) is 21.7. The van der Waals surface area contributed by atoms with Crippen LogP contribution in [0.4, 0.5) is 0 Å². The maximum Gasteiger partial charge on any atom is 0.0721 e. The number of rotatable bonds is 4. The maximum absolute atomic E-state index is 6.40. The molecule has 4 aliphatic rings. The summed E-state index contributed by atoms with van der Waals surface area (Å²) in [7, 11) is 0. The van der Waals surface area contributed by atoms with Crippen molar-refractivity contribution in [2.24, 2.45) is 28.6 Å². The van der Waals surface area contributed by atoms with Crippen LogP contribution in [0.3, 0.4) is 0 Å². The highest BCUT2D eigenvalue weighted by Crippen LogP contribution is 2.65. The van der Waals surface area contributed by atoms with E-state index < -0.39 is 0 Å². The molecular weight excluding hydrogens is 440 g/mol. The van der Waals surface area contributed by atoms with Gasteiger partial charge in [0.15, 0.2) is 0 Å². The quantitative estimate of drug-likeness (QED) is 0.355. The molecule has 4 aliphatic carbocycles. The number of para-hydroxylation sites is 1. The molecule has 2 saturated carbocycles. The molecule has 2 aromatic heterocycles. The number of hydrogen-bond donors (Lipinski definition) is 0. The third-order valence-corrected chi connectivity index (χ3v) is 10.7. The van der Waals surface area contributed by atoms with Crippen molar-refractivity contribution >= 4 is 16.6 Å². The number of hydrogen-bond acceptors (Lipinski definition) is 2. The van der Waals surface area contributed by atoms with Crippen molar-refractivity contribution in [3.8, 4) is 0 Å². The van der Waals surface area contributed by atoms with Gasteiger partial charge in [-0.1, -0.05) is 49.8 Å². The van der Waals surface area contributed by atoms with Crippen LogP contribution in [0.15, 0.2) is 78.8 Å². The van der Waals surface area contributed by atoms with E-state index in [9.17, 15) is 0 Å². The van der Waals surface area contributed by atoms with Gasteiger partial charge in [-0.25, -0.2) is 0 Å². The van der Waals surface area contributed by atoms with Gasteiger partial charge in [0.2, 0.25) is 0 Å². The molecule has 3 heteroatoms. The van der Waals surface area contributed by atoms with Gasteiger partial charge in [0.1, 0.15) is 0 Å². The summed E-state index contributed by atoms with van der Waals surface area (Å²) in [5, 5.41) is 1.35. The van der Waals surface area contributed by atoms with Gasteiger partial charge in [0, 0.05) is 29.7 Å². The van der Waals surface area contributed by atoms with Crippen molar-refractivity contribution < 1.29 is 4.74 Å². The predicted molar refractivity (Wildman–Crippen MR) is 146 cm³/mol. The molecular formula is C33H38N2O. The van der Waals surface area contributed by atoms with E-state index in [0.717, 1.165) is 24.2 Å². The van der Waals surface area contributed by atoms with Crippen LogP contribution >= 0.6 is 0 Å². The molecule has 0 saturated heterocycles. The van der Waals surface area contributed by atoms with E-state index in [2.05, 4.69) is 84.2 Å². The molecule has 0 aliphatic heterocycles. The monoisotopic (exact) mass is 478 g/mol. The average Bonchev–Trinajstić information content (AvgIpc) is 3.48. The summed E-state index contributed by atoms with van der Waals surface area (Å²) in [5.74, 6) is 2.36. The average molecular weight is 479 g/mol. The summed E-state index contributed by atoms with van der Waals surface area (Å²) < 4.78 is 8.90. The highest BCUT2D eigenvalue weighted by atomic mass is 16.5. The maximum atomic E-state index is 6.40. The fourth-order valence-corrected chi connectivity index (χ4v) is 8.67. The van der Waals surface area contributed by atoms with Gasteiger partial charge < -0.3 is 9.30 Å². The largest absolute Gasteiger partial charge is 0.373 e. The minimum Gasteiger partial charge on any atom is -0.373 e. The lowest BCUT2D eigenvalue weighted by atomic mass is 9.47. The lowest BCUT2D eigenvalue weighted by Gasteiger charge is -2.57. The van der Waals surface area contributed by atoms with E-state index >= 15 is 0 Å². The molecule has 0 bridgehead atoms. The first-order valence-electron chi connectivity index (χ1n) is 14.0. The van der Waals surface area contributed by atoms with Crippen molar-refractivity contribution in [1.82, 2.24) is 9.55 Å². The lowest BCUT2D eigenvalue weighted by molar-refractivity contribution is -0.0428. The number of fused-ring (bicyclic) bond motifs is 6. The van der Waals surface area contributed by atoms with Crippen LogP contribution in [0.5, 0.6) is 0 Å². The second-order valence-corrected chi connectivity index (χ2v) is 12.3. The second-order valence-electron chi connectivity index (χ2n) is 12.3. The Morgan fingerprint density at radius 2 is 1.75 bits per heavy atom. The third-order valence-electron chi connectivity index (χ3n) is 10.7. The van der Waals surface area contributed by atoms with E-state index in [4.69, 9.17) is 4.74 Å². The molecule has 6 atom stereocenters. The van der Waals surface area contributed by atoms with Gasteiger partial charge in [-0.15, -0.1) is 0 Å². The van der Waals surface area contributed by atoms with E-state index in [1.807, 2.05) is 12.4 Å². The topological polar surface area (TPSA) is 27.1 Å². The van der Waals surface area contributed by atoms with Crippen molar-refractivity contribution in [1.29, 1.82) is 0 Å². The summed E-state index contributed by atoms with van der Waals surface area (Å²) in [5.41, 5.74) is 6.46. The number of aromatic nitrogens is 2. The van der Waals surface area contributed by atoms with Gasteiger partial charge in [-0.2, -0.15) is 0 Å². The van der Waals surface area contributed by atoms with Crippen LogP contribution in [-0.4, -0.2) is 15.7 Å². The van der Waals surface area contributed by atoms with Crippen LogP contribution in [0, 0.1) is 28.6 Å². The Balaban J connectivity index is 1.11. The minimum atomic E-state index is 0.273. The number of ether oxygens (including phenoxy) is 1. The molecule has 2 heterocycles. The predicted octanol–water partition coefficient (Wildman–Crippen LogP) is 8.04. The molecule has 0 radical (unpaired) electrons. The van der Waals surface area contributed by atoms with Gasteiger partial charge >= 0.3 is 0 Å². The Bertz CT molecular complexity index is 1340. The first-order valence-corrected chi connectivity index (χ1v) is 14.0. The number of nitrogens with zero attached hydrogens (tertiary/aromatic N) is 2. The van der Waals surface area contributed by atoms with Crippen molar-refractivity contribution in [2.45, 2.75) is 71.5 Å². The molecule has 7 rings (SSSR count). The highest BCUT2D eigenvalue weighted by Gasteiger charge is 2.57. The number of pyridine rings is 1. The summed E-state index contributed by atoms with van der Waals surface area (Å²) in [6.07, 6.45) is 20.3. The fraction of sp³-hybridized carbons (Fsp3) is 0.485. The lowest BCUT2D eigenvalue weighted by Crippen LogP contribution is -2.50. The Morgan fingerprint density at radius 3 is 2.64 bits per heavy atom. The van der Waals surface area contributed by atoms with Crippen LogP contribution in [0.1, 0.15) is 64.4 Å². The Hall–Kier alpha value is -2.65. The van der Waals surface area contributed by atoms with Crippen molar-refractivity contribution in [3.63, 3.8) is 0 Å². The number of benzene rings is 1. The van der Waals surface area contributed by atoms with Crippen LogP contribution in [0.2, 0.25) is 0 Å². The molecule has 1 aromatic carbocycles.